The summed E-state index contributed by atoms with van der Waals surface area (Å²) in [7, 11) is 0. The van der Waals surface area contributed by atoms with E-state index < -0.39 is 0 Å². The van der Waals surface area contributed by atoms with Gasteiger partial charge in [-0.15, -0.1) is 0 Å². The zero-order chi connectivity index (χ0) is 10.7. The van der Waals surface area contributed by atoms with Crippen molar-refractivity contribution in [1.29, 1.82) is 5.26 Å². The Balaban J connectivity index is 1.84. The summed E-state index contributed by atoms with van der Waals surface area (Å²) in [6, 6.07) is 4.19. The summed E-state index contributed by atoms with van der Waals surface area (Å²) in [6.45, 7) is 0.973. The van der Waals surface area contributed by atoms with Gasteiger partial charge in [-0.05, 0) is 38.5 Å². The minimum Gasteiger partial charge on any atom is -0.328 e. The van der Waals surface area contributed by atoms with Crippen LogP contribution < -0.4 is 5.73 Å². The molecule has 2 saturated carbocycles. The molecule has 3 nitrogen and oxygen atoms in total. The average Bonchev–Trinajstić information content (AvgIpc) is 3.05. The highest BCUT2D eigenvalue weighted by molar-refractivity contribution is 4.92. The Kier molecular flexibility index (Phi) is 3.61. The number of rotatable bonds is 4. The second-order valence-electron chi connectivity index (χ2n) is 4.95. The second-order valence-corrected chi connectivity index (χ2v) is 4.95. The first-order valence-electron chi connectivity index (χ1n) is 6.19. The van der Waals surface area contributed by atoms with E-state index in [2.05, 4.69) is 11.0 Å². The van der Waals surface area contributed by atoms with Crippen LogP contribution in [-0.2, 0) is 0 Å². The maximum atomic E-state index is 8.66. The molecule has 0 heterocycles. The van der Waals surface area contributed by atoms with E-state index in [4.69, 9.17) is 11.0 Å². The Hall–Kier alpha value is -0.590. The predicted octanol–water partition coefficient (Wildman–Crippen LogP) is 1.63. The van der Waals surface area contributed by atoms with Crippen molar-refractivity contribution in [3.63, 3.8) is 0 Å². The van der Waals surface area contributed by atoms with Crippen molar-refractivity contribution in [2.24, 2.45) is 5.73 Å². The fourth-order valence-electron chi connectivity index (χ4n) is 2.68. The van der Waals surface area contributed by atoms with Gasteiger partial charge in [0.05, 0.1) is 6.07 Å². The van der Waals surface area contributed by atoms with Gasteiger partial charge in [-0.2, -0.15) is 5.26 Å². The van der Waals surface area contributed by atoms with Crippen LogP contribution in [0.4, 0.5) is 0 Å². The quantitative estimate of drug-likeness (QED) is 0.762. The third-order valence-electron chi connectivity index (χ3n) is 3.71. The van der Waals surface area contributed by atoms with Crippen molar-refractivity contribution in [1.82, 2.24) is 4.90 Å². The molecule has 2 aliphatic carbocycles. The molecule has 0 amide bonds. The number of hydrogen-bond acceptors (Lipinski definition) is 3. The largest absolute Gasteiger partial charge is 0.328 e. The molecule has 0 radical (unpaired) electrons. The van der Waals surface area contributed by atoms with Crippen molar-refractivity contribution in [3.8, 4) is 6.07 Å². The lowest BCUT2D eigenvalue weighted by Crippen LogP contribution is -2.42. The van der Waals surface area contributed by atoms with Crippen LogP contribution in [0.1, 0.15) is 44.9 Å². The van der Waals surface area contributed by atoms with E-state index in [1.807, 2.05) is 0 Å². The fourth-order valence-corrected chi connectivity index (χ4v) is 2.68. The number of nitriles is 1. The minimum absolute atomic E-state index is 0.429. The molecule has 0 saturated heterocycles. The lowest BCUT2D eigenvalue weighted by atomic mass is 9.90. The molecule has 2 fully saturated rings. The number of nitrogens with zero attached hydrogens (tertiary/aromatic N) is 2. The van der Waals surface area contributed by atoms with Crippen molar-refractivity contribution in [2.45, 2.75) is 63.1 Å². The van der Waals surface area contributed by atoms with E-state index in [-0.39, 0.29) is 0 Å². The van der Waals surface area contributed by atoms with Gasteiger partial charge in [0, 0.05) is 31.1 Å². The monoisotopic (exact) mass is 207 g/mol. The highest BCUT2D eigenvalue weighted by Crippen LogP contribution is 2.33. The molecule has 3 heteroatoms. The molecule has 0 aliphatic heterocycles. The highest BCUT2D eigenvalue weighted by atomic mass is 15.2. The Bertz CT molecular complexity index is 234. The molecule has 0 bridgehead atoms. The molecule has 2 rings (SSSR count). The summed E-state index contributed by atoms with van der Waals surface area (Å²) in [5.41, 5.74) is 5.92. The summed E-state index contributed by atoms with van der Waals surface area (Å²) >= 11 is 0. The molecule has 84 valence electrons. The van der Waals surface area contributed by atoms with E-state index >= 15 is 0 Å². The van der Waals surface area contributed by atoms with Crippen LogP contribution in [0.3, 0.4) is 0 Å². The first kappa shape index (κ1) is 10.9. The smallest absolute Gasteiger partial charge is 0.0635 e. The van der Waals surface area contributed by atoms with Gasteiger partial charge in [0.2, 0.25) is 0 Å². The Morgan fingerprint density at radius 1 is 1.07 bits per heavy atom. The molecule has 15 heavy (non-hydrogen) atoms. The van der Waals surface area contributed by atoms with Crippen LogP contribution in [0.15, 0.2) is 0 Å². The van der Waals surface area contributed by atoms with Gasteiger partial charge >= 0.3 is 0 Å². The molecule has 0 unspecified atom stereocenters. The van der Waals surface area contributed by atoms with Crippen LogP contribution in [-0.4, -0.2) is 29.6 Å². The summed E-state index contributed by atoms with van der Waals surface area (Å²) in [6.07, 6.45) is 8.17. The van der Waals surface area contributed by atoms with E-state index in [0.717, 1.165) is 12.6 Å². The van der Waals surface area contributed by atoms with Crippen molar-refractivity contribution in [2.75, 3.05) is 6.54 Å². The fraction of sp³-hybridized carbons (Fsp3) is 0.917. The molecule has 0 aromatic rings. The Labute approximate surface area is 92.2 Å². The van der Waals surface area contributed by atoms with Gasteiger partial charge in [-0.25, -0.2) is 0 Å². The van der Waals surface area contributed by atoms with Crippen LogP contribution in [0.2, 0.25) is 0 Å². The summed E-state index contributed by atoms with van der Waals surface area (Å²) in [4.78, 5) is 2.58. The lowest BCUT2D eigenvalue weighted by Gasteiger charge is -2.35. The molecule has 0 aromatic heterocycles. The first-order valence-corrected chi connectivity index (χ1v) is 6.19. The van der Waals surface area contributed by atoms with Crippen LogP contribution in [0, 0.1) is 11.3 Å². The Morgan fingerprint density at radius 3 is 2.07 bits per heavy atom. The average molecular weight is 207 g/mol. The van der Waals surface area contributed by atoms with Crippen LogP contribution in [0.25, 0.3) is 0 Å². The highest BCUT2D eigenvalue weighted by Gasteiger charge is 2.34. The lowest BCUT2D eigenvalue weighted by molar-refractivity contribution is 0.144. The predicted molar refractivity (Wildman–Crippen MR) is 60.2 cm³/mol. The first-order chi connectivity index (χ1) is 7.31. The molecular formula is C12H21N3. The summed E-state index contributed by atoms with van der Waals surface area (Å²) < 4.78 is 0. The SMILES string of the molecule is N#CCCN(C1CCC(N)CC1)C1CC1. The van der Waals surface area contributed by atoms with E-state index in [1.54, 1.807) is 0 Å². The van der Waals surface area contributed by atoms with Crippen LogP contribution >= 0.6 is 0 Å². The van der Waals surface area contributed by atoms with Gasteiger partial charge in [0.15, 0.2) is 0 Å². The van der Waals surface area contributed by atoms with Crippen LogP contribution in [0.5, 0.6) is 0 Å². The maximum absolute atomic E-state index is 8.66. The standard InChI is InChI=1S/C12H21N3/c13-8-1-9-15(12-6-7-12)11-4-2-10(14)3-5-11/h10-12H,1-7,9,14H2. The third-order valence-corrected chi connectivity index (χ3v) is 3.71. The zero-order valence-electron chi connectivity index (χ0n) is 9.36. The molecule has 2 N–H and O–H groups in total. The zero-order valence-corrected chi connectivity index (χ0v) is 9.36. The molecule has 0 aromatic carbocycles. The summed E-state index contributed by atoms with van der Waals surface area (Å²) in [5.74, 6) is 0. The molecular weight excluding hydrogens is 186 g/mol. The molecule has 0 atom stereocenters. The maximum Gasteiger partial charge on any atom is 0.0635 e. The van der Waals surface area contributed by atoms with Gasteiger partial charge in [0.25, 0.3) is 0 Å². The second kappa shape index (κ2) is 4.96. The van der Waals surface area contributed by atoms with Gasteiger partial charge in [-0.1, -0.05) is 0 Å². The van der Waals surface area contributed by atoms with Gasteiger partial charge in [0.1, 0.15) is 0 Å². The Morgan fingerprint density at radius 2 is 1.60 bits per heavy atom. The minimum atomic E-state index is 0.429. The topological polar surface area (TPSA) is 53.0 Å². The molecule has 2 aliphatic rings. The van der Waals surface area contributed by atoms with Crippen molar-refractivity contribution in [3.05, 3.63) is 0 Å². The van der Waals surface area contributed by atoms with Gasteiger partial charge in [-0.3, -0.25) is 4.90 Å². The van der Waals surface area contributed by atoms with E-state index in [1.165, 1.54) is 38.5 Å². The summed E-state index contributed by atoms with van der Waals surface area (Å²) in [5, 5.41) is 8.66. The number of hydrogen-bond donors (Lipinski definition) is 1. The van der Waals surface area contributed by atoms with Crippen molar-refractivity contribution >= 4 is 0 Å². The van der Waals surface area contributed by atoms with E-state index in [0.29, 0.717) is 18.5 Å². The number of nitrogens with two attached hydrogens (primary N) is 1. The van der Waals surface area contributed by atoms with Crippen molar-refractivity contribution < 1.29 is 0 Å². The van der Waals surface area contributed by atoms with Gasteiger partial charge < -0.3 is 5.73 Å². The van der Waals surface area contributed by atoms with E-state index in [9.17, 15) is 0 Å². The third kappa shape index (κ3) is 2.93. The normalized spacial score (nSPS) is 31.5. The molecule has 0 spiro atoms.